The summed E-state index contributed by atoms with van der Waals surface area (Å²) >= 11 is 8.12. The van der Waals surface area contributed by atoms with E-state index in [0.717, 1.165) is 28.0 Å². The Morgan fingerprint density at radius 3 is 2.57 bits per heavy atom. The van der Waals surface area contributed by atoms with Crippen LogP contribution < -0.4 is 5.32 Å². The summed E-state index contributed by atoms with van der Waals surface area (Å²) in [5, 5.41) is 3.44. The fourth-order valence-electron chi connectivity index (χ4n) is 3.82. The Morgan fingerprint density at radius 1 is 1.20 bits per heavy atom. The first-order valence-corrected chi connectivity index (χ1v) is 13.3. The molecule has 2 amide bonds. The van der Waals surface area contributed by atoms with Gasteiger partial charge in [-0.3, -0.25) is 4.79 Å². The Labute approximate surface area is 216 Å². The van der Waals surface area contributed by atoms with Crippen LogP contribution in [0.2, 0.25) is 5.02 Å². The topological polar surface area (TPSA) is 58.6 Å². The molecule has 190 valence electrons. The maximum absolute atomic E-state index is 14.7. The van der Waals surface area contributed by atoms with Crippen LogP contribution in [-0.4, -0.2) is 41.6 Å². The number of fused-ring (bicyclic) bond motifs is 1. The van der Waals surface area contributed by atoms with E-state index >= 15 is 0 Å². The molecule has 1 aliphatic rings. The summed E-state index contributed by atoms with van der Waals surface area (Å²) in [6, 6.07) is 8.62. The summed E-state index contributed by atoms with van der Waals surface area (Å²) in [6.07, 6.45) is 1.85. The van der Waals surface area contributed by atoms with E-state index in [0.29, 0.717) is 36.7 Å². The molecule has 1 N–H and O–H groups in total. The van der Waals surface area contributed by atoms with Crippen molar-refractivity contribution >= 4 is 35.4 Å². The zero-order valence-corrected chi connectivity index (χ0v) is 22.6. The zero-order valence-electron chi connectivity index (χ0n) is 21.0. The molecule has 0 fully saturated rings. The molecule has 1 atom stereocenters. The minimum atomic E-state index is -0.541. The first-order chi connectivity index (χ1) is 16.5. The number of thioether (sulfide) groups is 1. The third-order valence-corrected chi connectivity index (χ3v) is 7.55. The van der Waals surface area contributed by atoms with Gasteiger partial charge in [-0.25, -0.2) is 9.18 Å². The zero-order chi connectivity index (χ0) is 25.8. The first kappa shape index (κ1) is 27.3. The van der Waals surface area contributed by atoms with E-state index < -0.39 is 17.3 Å². The summed E-state index contributed by atoms with van der Waals surface area (Å²) < 4.78 is 20.2. The Kier molecular flexibility index (Phi) is 9.11. The molecular weight excluding hydrogens is 487 g/mol. The van der Waals surface area contributed by atoms with Crippen LogP contribution in [0.25, 0.3) is 0 Å². The van der Waals surface area contributed by atoms with E-state index in [2.05, 4.69) is 5.32 Å². The molecule has 2 aromatic rings. The molecule has 0 bridgehead atoms. The number of carbonyl (C=O) groups is 2. The lowest BCUT2D eigenvalue weighted by Crippen LogP contribution is -2.38. The number of amides is 2. The average Bonchev–Trinajstić information content (AvgIpc) is 3.00. The smallest absolute Gasteiger partial charge is 0.410 e. The number of carbonyl (C=O) groups excluding carboxylic acids is 2. The van der Waals surface area contributed by atoms with Gasteiger partial charge in [-0.15, -0.1) is 11.8 Å². The summed E-state index contributed by atoms with van der Waals surface area (Å²) in [7, 11) is 0. The predicted octanol–water partition coefficient (Wildman–Crippen LogP) is 6.64. The van der Waals surface area contributed by atoms with Gasteiger partial charge in [0.15, 0.2) is 0 Å². The number of ether oxygens (including phenoxy) is 1. The minimum Gasteiger partial charge on any atom is -0.444 e. The summed E-state index contributed by atoms with van der Waals surface area (Å²) in [5.74, 6) is -0.423. The van der Waals surface area contributed by atoms with Gasteiger partial charge in [0.2, 0.25) is 0 Å². The summed E-state index contributed by atoms with van der Waals surface area (Å²) in [5.41, 5.74) is 2.56. The molecule has 2 aromatic carbocycles. The molecule has 1 aliphatic heterocycles. The molecule has 0 saturated carbocycles. The number of nitrogens with one attached hydrogen (secondary N) is 1. The largest absolute Gasteiger partial charge is 0.444 e. The maximum atomic E-state index is 14.7. The highest BCUT2D eigenvalue weighted by molar-refractivity contribution is 7.98. The van der Waals surface area contributed by atoms with Crippen molar-refractivity contribution in [3.05, 3.63) is 63.4 Å². The summed E-state index contributed by atoms with van der Waals surface area (Å²) in [6.45, 7) is 10.6. The van der Waals surface area contributed by atoms with Crippen LogP contribution in [0.15, 0.2) is 35.2 Å². The molecule has 0 spiro atoms. The number of rotatable bonds is 6. The molecule has 35 heavy (non-hydrogen) atoms. The van der Waals surface area contributed by atoms with Crippen molar-refractivity contribution in [2.24, 2.45) is 0 Å². The Balaban J connectivity index is 1.71. The molecule has 0 radical (unpaired) electrons. The molecule has 1 unspecified atom stereocenters. The molecule has 0 aromatic heterocycles. The van der Waals surface area contributed by atoms with Crippen LogP contribution in [-0.2, 0) is 23.3 Å². The fraction of sp³-hybridized carbons (Fsp3) is 0.481. The SMILES string of the molecule is CCC(C)NC(=O)c1ccc(CSc2c(Cl)ccc3c2CCN(C(=O)OC(C)(C)C)CC3)cc1F. The normalized spacial score (nSPS) is 14.7. The van der Waals surface area contributed by atoms with Gasteiger partial charge in [0.25, 0.3) is 5.91 Å². The average molecular weight is 521 g/mol. The van der Waals surface area contributed by atoms with Gasteiger partial charge in [-0.2, -0.15) is 0 Å². The minimum absolute atomic E-state index is 0.0149. The number of hydrogen-bond donors (Lipinski definition) is 1. The van der Waals surface area contributed by atoms with Crippen molar-refractivity contribution in [2.75, 3.05) is 13.1 Å². The molecule has 1 heterocycles. The van der Waals surface area contributed by atoms with E-state index in [-0.39, 0.29) is 17.7 Å². The number of halogens is 2. The van der Waals surface area contributed by atoms with Crippen LogP contribution in [0.5, 0.6) is 0 Å². The third-order valence-electron chi connectivity index (χ3n) is 5.90. The van der Waals surface area contributed by atoms with Gasteiger partial charge in [-0.05, 0) is 81.8 Å². The van der Waals surface area contributed by atoms with Crippen LogP contribution in [0.4, 0.5) is 9.18 Å². The lowest BCUT2D eigenvalue weighted by molar-refractivity contribution is 0.0258. The molecule has 3 rings (SSSR count). The number of benzene rings is 2. The highest BCUT2D eigenvalue weighted by atomic mass is 35.5. The molecule has 5 nitrogen and oxygen atoms in total. The second-order valence-electron chi connectivity index (χ2n) is 9.87. The maximum Gasteiger partial charge on any atom is 0.410 e. The Morgan fingerprint density at radius 2 is 1.91 bits per heavy atom. The lowest BCUT2D eigenvalue weighted by atomic mass is 10.0. The van der Waals surface area contributed by atoms with Crippen LogP contribution in [0, 0.1) is 5.82 Å². The van der Waals surface area contributed by atoms with Gasteiger partial charge in [-0.1, -0.05) is 30.7 Å². The molecular formula is C27H34ClFN2O3S. The van der Waals surface area contributed by atoms with E-state index in [1.807, 2.05) is 46.8 Å². The first-order valence-electron chi connectivity index (χ1n) is 12.0. The van der Waals surface area contributed by atoms with E-state index in [9.17, 15) is 14.0 Å². The summed E-state index contributed by atoms with van der Waals surface area (Å²) in [4.78, 5) is 27.6. The predicted molar refractivity (Wildman–Crippen MR) is 140 cm³/mol. The Bertz CT molecular complexity index is 1090. The highest BCUT2D eigenvalue weighted by Gasteiger charge is 2.26. The monoisotopic (exact) mass is 520 g/mol. The van der Waals surface area contributed by atoms with Gasteiger partial charge in [0.05, 0.1) is 10.6 Å². The lowest BCUT2D eigenvalue weighted by Gasteiger charge is -2.26. The Hall–Kier alpha value is -2.25. The second-order valence-corrected chi connectivity index (χ2v) is 11.3. The van der Waals surface area contributed by atoms with Gasteiger partial charge < -0.3 is 15.0 Å². The van der Waals surface area contributed by atoms with Gasteiger partial charge >= 0.3 is 6.09 Å². The number of nitrogens with zero attached hydrogens (tertiary/aromatic N) is 1. The van der Waals surface area contributed by atoms with Gasteiger partial charge in [0.1, 0.15) is 11.4 Å². The highest BCUT2D eigenvalue weighted by Crippen LogP contribution is 2.37. The quantitative estimate of drug-likeness (QED) is 0.434. The molecule has 0 saturated heterocycles. The standard InChI is InChI=1S/C27H34ClFN2O3S/c1-6-17(2)30-25(32)21-9-7-18(15-23(21)29)16-35-24-20-12-14-31(26(33)34-27(3,4)5)13-11-19(20)8-10-22(24)28/h7-10,15,17H,6,11-14,16H2,1-5H3,(H,30,32). The second kappa shape index (κ2) is 11.7. The molecule has 8 heteroatoms. The van der Waals surface area contributed by atoms with Crippen molar-refractivity contribution in [3.8, 4) is 0 Å². The van der Waals surface area contributed by atoms with Crippen LogP contribution in [0.3, 0.4) is 0 Å². The van der Waals surface area contributed by atoms with Crippen molar-refractivity contribution in [3.63, 3.8) is 0 Å². The van der Waals surface area contributed by atoms with Crippen molar-refractivity contribution < 1.29 is 18.7 Å². The van der Waals surface area contributed by atoms with E-state index in [1.165, 1.54) is 12.1 Å². The molecule has 0 aliphatic carbocycles. The third kappa shape index (κ3) is 7.37. The van der Waals surface area contributed by atoms with Crippen LogP contribution >= 0.6 is 23.4 Å². The fourth-order valence-corrected chi connectivity index (χ4v) is 5.26. The van der Waals surface area contributed by atoms with Crippen molar-refractivity contribution in [2.45, 2.75) is 76.2 Å². The van der Waals surface area contributed by atoms with Crippen LogP contribution in [0.1, 0.15) is 68.1 Å². The number of hydrogen-bond acceptors (Lipinski definition) is 4. The van der Waals surface area contributed by atoms with Crippen molar-refractivity contribution in [1.82, 2.24) is 10.2 Å². The van der Waals surface area contributed by atoms with E-state index in [1.54, 1.807) is 22.7 Å². The van der Waals surface area contributed by atoms with Gasteiger partial charge in [0, 0.05) is 29.8 Å². The van der Waals surface area contributed by atoms with E-state index in [4.69, 9.17) is 16.3 Å². The van der Waals surface area contributed by atoms with Crippen molar-refractivity contribution in [1.29, 1.82) is 0 Å².